The fourth-order valence-electron chi connectivity index (χ4n) is 2.61. The van der Waals surface area contributed by atoms with Crippen molar-refractivity contribution in [1.82, 2.24) is 5.43 Å². The SMILES string of the molecule is CC[C@]1(C)Cc2c(sc3c2C(NN)=N[C@@H](SC)N3)CO1. The first-order valence-electron chi connectivity index (χ1n) is 6.73. The van der Waals surface area contributed by atoms with E-state index in [1.54, 1.807) is 23.1 Å². The van der Waals surface area contributed by atoms with Crippen molar-refractivity contribution in [3.63, 3.8) is 0 Å². The van der Waals surface area contributed by atoms with Crippen molar-refractivity contribution in [2.24, 2.45) is 10.8 Å². The Balaban J connectivity index is 2.05. The van der Waals surface area contributed by atoms with Crippen LogP contribution < -0.4 is 16.6 Å². The van der Waals surface area contributed by atoms with Gasteiger partial charge in [-0.1, -0.05) is 6.92 Å². The van der Waals surface area contributed by atoms with Crippen molar-refractivity contribution in [1.29, 1.82) is 0 Å². The zero-order valence-corrected chi connectivity index (χ0v) is 13.6. The molecule has 0 fully saturated rings. The predicted molar refractivity (Wildman–Crippen MR) is 86.3 cm³/mol. The van der Waals surface area contributed by atoms with Gasteiger partial charge in [0.05, 0.1) is 17.8 Å². The number of thiophene rings is 1. The third kappa shape index (κ3) is 2.22. The molecule has 0 aliphatic carbocycles. The number of fused-ring (bicyclic) bond motifs is 3. The van der Waals surface area contributed by atoms with Crippen LogP contribution in [0.1, 0.15) is 36.3 Å². The lowest BCUT2D eigenvalue weighted by Crippen LogP contribution is -2.39. The molecule has 2 aliphatic rings. The summed E-state index contributed by atoms with van der Waals surface area (Å²) in [4.78, 5) is 5.90. The quantitative estimate of drug-likeness (QED) is 0.577. The minimum absolute atomic E-state index is 0.0205. The highest BCUT2D eigenvalue weighted by Crippen LogP contribution is 2.43. The van der Waals surface area contributed by atoms with Gasteiger partial charge in [0.1, 0.15) is 10.8 Å². The topological polar surface area (TPSA) is 71.7 Å². The Morgan fingerprint density at radius 3 is 3.10 bits per heavy atom. The Bertz CT molecular complexity index is 557. The molecule has 0 bridgehead atoms. The highest BCUT2D eigenvalue weighted by atomic mass is 32.2. The van der Waals surface area contributed by atoms with Gasteiger partial charge in [-0.25, -0.2) is 10.8 Å². The third-order valence-electron chi connectivity index (χ3n) is 4.04. The van der Waals surface area contributed by atoms with E-state index < -0.39 is 0 Å². The molecule has 2 atom stereocenters. The Morgan fingerprint density at radius 1 is 1.65 bits per heavy atom. The number of anilines is 1. The molecular formula is C13H20N4OS2. The van der Waals surface area contributed by atoms with Crippen LogP contribution in [0.4, 0.5) is 5.00 Å². The normalized spacial score (nSPS) is 28.2. The molecule has 7 heteroatoms. The summed E-state index contributed by atoms with van der Waals surface area (Å²) in [6.45, 7) is 5.02. The lowest BCUT2D eigenvalue weighted by Gasteiger charge is -2.33. The van der Waals surface area contributed by atoms with Crippen LogP contribution in [0.5, 0.6) is 0 Å². The molecule has 1 aromatic heterocycles. The summed E-state index contributed by atoms with van der Waals surface area (Å²) in [6, 6.07) is 0. The molecule has 3 heterocycles. The Kier molecular flexibility index (Phi) is 3.70. The van der Waals surface area contributed by atoms with E-state index in [0.717, 1.165) is 29.2 Å². The average molecular weight is 312 g/mol. The second kappa shape index (κ2) is 5.22. The number of rotatable bonds is 2. The molecule has 20 heavy (non-hydrogen) atoms. The van der Waals surface area contributed by atoms with Crippen LogP contribution in [-0.4, -0.2) is 23.2 Å². The van der Waals surface area contributed by atoms with Crippen molar-refractivity contribution in [2.75, 3.05) is 11.6 Å². The molecule has 0 unspecified atom stereocenters. The van der Waals surface area contributed by atoms with Crippen LogP contribution in [0.2, 0.25) is 0 Å². The van der Waals surface area contributed by atoms with Gasteiger partial charge in [-0.15, -0.1) is 23.1 Å². The fraction of sp³-hybridized carbons (Fsp3) is 0.615. The van der Waals surface area contributed by atoms with Gasteiger partial charge in [-0.3, -0.25) is 0 Å². The van der Waals surface area contributed by atoms with E-state index in [1.165, 1.54) is 10.4 Å². The van der Waals surface area contributed by atoms with E-state index in [9.17, 15) is 0 Å². The lowest BCUT2D eigenvalue weighted by molar-refractivity contribution is -0.0546. The molecular weight excluding hydrogens is 292 g/mol. The number of hydrogen-bond acceptors (Lipinski definition) is 7. The number of nitrogens with one attached hydrogen (secondary N) is 2. The summed E-state index contributed by atoms with van der Waals surface area (Å²) in [7, 11) is 0. The molecule has 0 amide bonds. The van der Waals surface area contributed by atoms with Crippen molar-refractivity contribution in [3.05, 3.63) is 16.0 Å². The number of hydrogen-bond donors (Lipinski definition) is 3. The molecule has 0 radical (unpaired) electrons. The average Bonchev–Trinajstić information content (AvgIpc) is 2.83. The maximum absolute atomic E-state index is 6.03. The van der Waals surface area contributed by atoms with Crippen LogP contribution in [0.15, 0.2) is 4.99 Å². The number of nitrogens with two attached hydrogens (primary N) is 1. The second-order valence-corrected chi connectivity index (χ2v) is 7.35. The van der Waals surface area contributed by atoms with Crippen molar-refractivity contribution in [2.45, 2.75) is 44.4 Å². The largest absolute Gasteiger partial charge is 0.369 e. The van der Waals surface area contributed by atoms with Gasteiger partial charge in [-0.2, -0.15) is 0 Å². The van der Waals surface area contributed by atoms with Gasteiger partial charge in [0, 0.05) is 11.3 Å². The molecule has 1 aromatic rings. The molecule has 5 nitrogen and oxygen atoms in total. The van der Waals surface area contributed by atoms with Crippen molar-refractivity contribution >= 4 is 33.9 Å². The fourth-order valence-corrected chi connectivity index (χ4v) is 4.28. The summed E-state index contributed by atoms with van der Waals surface area (Å²) >= 11 is 3.42. The molecule has 0 spiro atoms. The van der Waals surface area contributed by atoms with Crippen LogP contribution >= 0.6 is 23.1 Å². The van der Waals surface area contributed by atoms with Gasteiger partial charge < -0.3 is 15.5 Å². The zero-order chi connectivity index (χ0) is 14.3. The zero-order valence-electron chi connectivity index (χ0n) is 11.9. The number of aliphatic imine (C=N–C) groups is 1. The number of thioether (sulfide) groups is 1. The molecule has 0 aromatic carbocycles. The standard InChI is InChI=1S/C13H20N4OS2/c1-4-13(2)5-7-8(6-18-13)20-11-9(7)10(17-14)15-12(16-11)19-3/h12,16H,4-6,14H2,1-3H3,(H,15,17)/t12-,13-/m1/s1. The minimum Gasteiger partial charge on any atom is -0.369 e. The van der Waals surface area contributed by atoms with Gasteiger partial charge >= 0.3 is 0 Å². The molecule has 0 saturated heterocycles. The van der Waals surface area contributed by atoms with Crippen LogP contribution in [-0.2, 0) is 17.8 Å². The number of amidine groups is 1. The summed E-state index contributed by atoms with van der Waals surface area (Å²) in [5.41, 5.74) is 5.18. The van der Waals surface area contributed by atoms with Crippen LogP contribution in [0, 0.1) is 0 Å². The number of hydrazine groups is 1. The van der Waals surface area contributed by atoms with Crippen LogP contribution in [0.3, 0.4) is 0 Å². The molecule has 0 saturated carbocycles. The minimum atomic E-state index is -0.0854. The lowest BCUT2D eigenvalue weighted by atomic mass is 9.89. The van der Waals surface area contributed by atoms with E-state index in [0.29, 0.717) is 6.61 Å². The van der Waals surface area contributed by atoms with Crippen molar-refractivity contribution in [3.8, 4) is 0 Å². The predicted octanol–water partition coefficient (Wildman–Crippen LogP) is 2.27. The van der Waals surface area contributed by atoms with E-state index in [4.69, 9.17) is 10.6 Å². The van der Waals surface area contributed by atoms with Gasteiger partial charge in [0.2, 0.25) is 0 Å². The Morgan fingerprint density at radius 2 is 2.45 bits per heavy atom. The second-order valence-electron chi connectivity index (χ2n) is 5.33. The first kappa shape index (κ1) is 14.2. The summed E-state index contributed by atoms with van der Waals surface area (Å²) < 4.78 is 6.03. The third-order valence-corrected chi connectivity index (χ3v) is 5.85. The Labute approximate surface area is 127 Å². The summed E-state index contributed by atoms with van der Waals surface area (Å²) in [5, 5.41) is 4.61. The van der Waals surface area contributed by atoms with Crippen LogP contribution in [0.25, 0.3) is 0 Å². The first-order valence-corrected chi connectivity index (χ1v) is 8.83. The first-order chi connectivity index (χ1) is 9.60. The number of ether oxygens (including phenoxy) is 1. The van der Waals surface area contributed by atoms with E-state index in [-0.39, 0.29) is 11.1 Å². The van der Waals surface area contributed by atoms with Crippen molar-refractivity contribution < 1.29 is 4.74 Å². The van der Waals surface area contributed by atoms with E-state index >= 15 is 0 Å². The van der Waals surface area contributed by atoms with E-state index in [1.807, 2.05) is 6.26 Å². The van der Waals surface area contributed by atoms with E-state index in [2.05, 4.69) is 29.6 Å². The smallest absolute Gasteiger partial charge is 0.169 e. The van der Waals surface area contributed by atoms with Gasteiger partial charge in [0.25, 0.3) is 0 Å². The van der Waals surface area contributed by atoms with Gasteiger partial charge in [0.15, 0.2) is 5.50 Å². The molecule has 4 N–H and O–H groups in total. The highest BCUT2D eigenvalue weighted by molar-refractivity contribution is 7.99. The monoisotopic (exact) mass is 312 g/mol. The molecule has 3 rings (SSSR count). The maximum atomic E-state index is 6.03. The maximum Gasteiger partial charge on any atom is 0.169 e. The summed E-state index contributed by atoms with van der Waals surface area (Å²) in [5.74, 6) is 6.47. The van der Waals surface area contributed by atoms with Gasteiger partial charge in [-0.05, 0) is 25.2 Å². The molecule has 2 aliphatic heterocycles. The molecule has 110 valence electrons. The number of nitrogens with zero attached hydrogens (tertiary/aromatic N) is 1. The Hall–Kier alpha value is -0.760. The summed E-state index contributed by atoms with van der Waals surface area (Å²) in [6.07, 6.45) is 3.95. The highest BCUT2D eigenvalue weighted by Gasteiger charge is 2.36.